The van der Waals surface area contributed by atoms with Crippen LogP contribution in [0.5, 0.6) is 11.5 Å². The van der Waals surface area contributed by atoms with Crippen LogP contribution in [-0.2, 0) is 0 Å². The minimum atomic E-state index is 0.815. The summed E-state index contributed by atoms with van der Waals surface area (Å²) in [7, 11) is 3.34. The fourth-order valence-electron chi connectivity index (χ4n) is 3.80. The molecule has 0 saturated carbocycles. The first-order valence-electron chi connectivity index (χ1n) is 9.77. The summed E-state index contributed by atoms with van der Waals surface area (Å²) in [5, 5.41) is 2.20. The summed E-state index contributed by atoms with van der Waals surface area (Å²) < 4.78 is 17.0. The Morgan fingerprint density at radius 2 is 1.17 bits per heavy atom. The number of furan rings is 1. The molecule has 0 aliphatic carbocycles. The van der Waals surface area contributed by atoms with Gasteiger partial charge in [-0.15, -0.1) is 0 Å². The maximum Gasteiger partial charge on any atom is 0.159 e. The number of para-hydroxylation sites is 2. The molecular weight excluding hydrogens is 374 g/mol. The highest BCUT2D eigenvalue weighted by Gasteiger charge is 2.19. The molecule has 30 heavy (non-hydrogen) atoms. The van der Waals surface area contributed by atoms with E-state index in [2.05, 4.69) is 29.2 Å². The van der Waals surface area contributed by atoms with Gasteiger partial charge in [0.2, 0.25) is 0 Å². The molecule has 4 nitrogen and oxygen atoms in total. The summed E-state index contributed by atoms with van der Waals surface area (Å²) in [4.78, 5) is 2.18. The van der Waals surface area contributed by atoms with Gasteiger partial charge in [0, 0.05) is 22.1 Å². The second kappa shape index (κ2) is 7.48. The molecule has 1 heterocycles. The molecule has 1 aromatic heterocycles. The summed E-state index contributed by atoms with van der Waals surface area (Å²) in [6, 6.07) is 30.4. The summed E-state index contributed by atoms with van der Waals surface area (Å²) in [6.45, 7) is 0. The van der Waals surface area contributed by atoms with E-state index in [1.54, 1.807) is 14.2 Å². The number of nitrogens with zero attached hydrogens (tertiary/aromatic N) is 1. The van der Waals surface area contributed by atoms with Gasteiger partial charge in [-0.1, -0.05) is 30.3 Å². The number of ether oxygens (including phenoxy) is 2. The third-order valence-corrected chi connectivity index (χ3v) is 5.29. The number of hydrogen-bond donors (Lipinski definition) is 0. The molecular formula is C26H21NO3. The lowest BCUT2D eigenvalue weighted by Crippen LogP contribution is -2.10. The average Bonchev–Trinajstić information content (AvgIpc) is 3.20. The normalized spacial score (nSPS) is 11.0. The molecule has 0 N–H and O–H groups in total. The van der Waals surface area contributed by atoms with Crippen molar-refractivity contribution < 1.29 is 13.9 Å². The van der Waals surface area contributed by atoms with Crippen molar-refractivity contribution in [2.45, 2.75) is 0 Å². The average molecular weight is 395 g/mol. The molecule has 0 bridgehead atoms. The van der Waals surface area contributed by atoms with Crippen molar-refractivity contribution >= 4 is 39.0 Å². The summed E-state index contributed by atoms with van der Waals surface area (Å²) >= 11 is 0. The maximum atomic E-state index is 6.31. The van der Waals surface area contributed by atoms with E-state index < -0.39 is 0 Å². The third kappa shape index (κ3) is 3.03. The zero-order valence-electron chi connectivity index (χ0n) is 16.8. The van der Waals surface area contributed by atoms with Gasteiger partial charge in [0.1, 0.15) is 17.1 Å². The number of methoxy groups -OCH3 is 2. The highest BCUT2D eigenvalue weighted by molar-refractivity contribution is 6.10. The van der Waals surface area contributed by atoms with E-state index in [9.17, 15) is 0 Å². The number of hydrogen-bond acceptors (Lipinski definition) is 4. The number of benzene rings is 4. The van der Waals surface area contributed by atoms with E-state index in [0.717, 1.165) is 50.5 Å². The molecule has 5 aromatic rings. The predicted octanol–water partition coefficient (Wildman–Crippen LogP) is 7.07. The Hall–Kier alpha value is -3.92. The zero-order valence-corrected chi connectivity index (χ0v) is 16.8. The Kier molecular flexibility index (Phi) is 4.52. The zero-order chi connectivity index (χ0) is 20.5. The van der Waals surface area contributed by atoms with E-state index in [1.165, 1.54) is 0 Å². The Balaban J connectivity index is 1.75. The third-order valence-electron chi connectivity index (χ3n) is 5.29. The van der Waals surface area contributed by atoms with Crippen LogP contribution in [0.2, 0.25) is 0 Å². The molecule has 0 aliphatic heterocycles. The first-order chi connectivity index (χ1) is 14.8. The van der Waals surface area contributed by atoms with Gasteiger partial charge in [-0.2, -0.15) is 0 Å². The summed E-state index contributed by atoms with van der Waals surface area (Å²) in [5.74, 6) is 1.63. The van der Waals surface area contributed by atoms with E-state index in [-0.39, 0.29) is 0 Å². The van der Waals surface area contributed by atoms with Crippen molar-refractivity contribution in [2.24, 2.45) is 0 Å². The summed E-state index contributed by atoms with van der Waals surface area (Å²) in [5.41, 5.74) is 4.72. The smallest absolute Gasteiger partial charge is 0.159 e. The van der Waals surface area contributed by atoms with Crippen molar-refractivity contribution in [3.05, 3.63) is 91.0 Å². The van der Waals surface area contributed by atoms with Gasteiger partial charge in [-0.25, -0.2) is 0 Å². The largest absolute Gasteiger partial charge is 0.497 e. The molecule has 0 spiro atoms. The monoisotopic (exact) mass is 395 g/mol. The highest BCUT2D eigenvalue weighted by Crippen LogP contribution is 2.42. The Labute approximate surface area is 174 Å². The first kappa shape index (κ1) is 18.1. The van der Waals surface area contributed by atoms with Gasteiger partial charge in [0.05, 0.1) is 19.9 Å². The fourth-order valence-corrected chi connectivity index (χ4v) is 3.80. The van der Waals surface area contributed by atoms with Crippen molar-refractivity contribution in [3.8, 4) is 11.5 Å². The van der Waals surface area contributed by atoms with Crippen LogP contribution in [0.25, 0.3) is 21.9 Å². The molecule has 4 aromatic carbocycles. The highest BCUT2D eigenvalue weighted by atomic mass is 16.5. The number of fused-ring (bicyclic) bond motifs is 3. The van der Waals surface area contributed by atoms with E-state index in [0.29, 0.717) is 0 Å². The van der Waals surface area contributed by atoms with Crippen LogP contribution < -0.4 is 14.4 Å². The first-order valence-corrected chi connectivity index (χ1v) is 9.77. The molecule has 0 radical (unpaired) electrons. The van der Waals surface area contributed by atoms with Crippen molar-refractivity contribution in [1.29, 1.82) is 0 Å². The minimum Gasteiger partial charge on any atom is -0.497 e. The molecule has 0 amide bonds. The van der Waals surface area contributed by atoms with Crippen LogP contribution in [0.3, 0.4) is 0 Å². The second-order valence-electron chi connectivity index (χ2n) is 6.98. The van der Waals surface area contributed by atoms with Crippen molar-refractivity contribution in [1.82, 2.24) is 0 Å². The van der Waals surface area contributed by atoms with E-state index in [4.69, 9.17) is 13.9 Å². The van der Waals surface area contributed by atoms with Crippen LogP contribution in [0.1, 0.15) is 0 Å². The lowest BCUT2D eigenvalue weighted by atomic mass is 10.1. The standard InChI is InChI=1S/C26H21NO3/c1-28-20-14-10-18(11-15-20)27(19-12-16-21(29-2)17-13-19)24-8-5-7-23-22-6-3-4-9-25(22)30-26(23)24/h3-17H,1-2H3. The number of anilines is 3. The molecule has 148 valence electrons. The van der Waals surface area contributed by atoms with Crippen LogP contribution in [-0.4, -0.2) is 14.2 Å². The van der Waals surface area contributed by atoms with E-state index in [1.807, 2.05) is 66.7 Å². The van der Waals surface area contributed by atoms with Crippen LogP contribution >= 0.6 is 0 Å². The van der Waals surface area contributed by atoms with E-state index >= 15 is 0 Å². The quantitative estimate of drug-likeness (QED) is 0.319. The van der Waals surface area contributed by atoms with Gasteiger partial charge in [-0.05, 0) is 60.7 Å². The van der Waals surface area contributed by atoms with Gasteiger partial charge in [0.25, 0.3) is 0 Å². The second-order valence-corrected chi connectivity index (χ2v) is 6.98. The lowest BCUT2D eigenvalue weighted by Gasteiger charge is -2.25. The Bertz CT molecular complexity index is 1260. The molecule has 0 aliphatic rings. The van der Waals surface area contributed by atoms with Crippen molar-refractivity contribution in [3.63, 3.8) is 0 Å². The Morgan fingerprint density at radius 1 is 0.600 bits per heavy atom. The molecule has 0 fully saturated rings. The van der Waals surface area contributed by atoms with Gasteiger partial charge in [0.15, 0.2) is 5.58 Å². The van der Waals surface area contributed by atoms with Gasteiger partial charge < -0.3 is 18.8 Å². The number of rotatable bonds is 5. The minimum absolute atomic E-state index is 0.815. The summed E-state index contributed by atoms with van der Waals surface area (Å²) in [6.07, 6.45) is 0. The topological polar surface area (TPSA) is 34.8 Å². The van der Waals surface area contributed by atoms with Gasteiger partial charge >= 0.3 is 0 Å². The molecule has 4 heteroatoms. The molecule has 5 rings (SSSR count). The van der Waals surface area contributed by atoms with Gasteiger partial charge in [-0.3, -0.25) is 0 Å². The predicted molar refractivity (Wildman–Crippen MR) is 122 cm³/mol. The fraction of sp³-hybridized carbons (Fsp3) is 0.0769. The molecule has 0 atom stereocenters. The maximum absolute atomic E-state index is 6.31. The van der Waals surface area contributed by atoms with Crippen molar-refractivity contribution in [2.75, 3.05) is 19.1 Å². The lowest BCUT2D eigenvalue weighted by molar-refractivity contribution is 0.415. The molecule has 0 unspecified atom stereocenters. The Morgan fingerprint density at radius 3 is 1.77 bits per heavy atom. The molecule has 0 saturated heterocycles. The van der Waals surface area contributed by atoms with Crippen LogP contribution in [0.4, 0.5) is 17.1 Å². The van der Waals surface area contributed by atoms with Crippen LogP contribution in [0, 0.1) is 0 Å². The SMILES string of the molecule is COc1ccc(N(c2ccc(OC)cc2)c2cccc3c2oc2ccccc23)cc1. The van der Waals surface area contributed by atoms with Crippen LogP contribution in [0.15, 0.2) is 95.4 Å².